The van der Waals surface area contributed by atoms with Crippen molar-refractivity contribution in [3.63, 3.8) is 0 Å². The molecule has 1 atom stereocenters. The number of benzene rings is 1. The maximum Gasteiger partial charge on any atom is 0.238 e. The van der Waals surface area contributed by atoms with Crippen LogP contribution in [-0.2, 0) is 16.4 Å². The molecule has 2 N–H and O–H groups in total. The molecule has 0 amide bonds. The fraction of sp³-hybridized carbons (Fsp3) is 0.455. The third-order valence-electron chi connectivity index (χ3n) is 2.83. The van der Waals surface area contributed by atoms with Gasteiger partial charge in [-0.3, -0.25) is 0 Å². The third-order valence-corrected chi connectivity index (χ3v) is 4.91. The van der Waals surface area contributed by atoms with Gasteiger partial charge in [0.1, 0.15) is 0 Å². The fourth-order valence-electron chi connectivity index (χ4n) is 1.78. The number of hydrogen-bond donors (Lipinski definition) is 1. The summed E-state index contributed by atoms with van der Waals surface area (Å²) in [6.45, 7) is 0. The molecule has 1 aliphatic carbocycles. The topological polar surface area (TPSA) is 60.2 Å². The summed E-state index contributed by atoms with van der Waals surface area (Å²) in [7, 11) is -3.61. The van der Waals surface area contributed by atoms with Crippen molar-refractivity contribution in [2.75, 3.05) is 0 Å². The molecular formula is C11H14BrNO2S. The molecule has 1 aromatic rings. The van der Waals surface area contributed by atoms with Crippen LogP contribution in [0.2, 0.25) is 0 Å². The lowest BCUT2D eigenvalue weighted by atomic mass is 10.1. The van der Waals surface area contributed by atoms with Crippen LogP contribution in [0.5, 0.6) is 0 Å². The Morgan fingerprint density at radius 2 is 2.00 bits per heavy atom. The maximum absolute atomic E-state index is 11.4. The van der Waals surface area contributed by atoms with Gasteiger partial charge in [-0.1, -0.05) is 34.1 Å². The summed E-state index contributed by atoms with van der Waals surface area (Å²) >= 11 is 3.61. The Labute approximate surface area is 104 Å². The van der Waals surface area contributed by atoms with Gasteiger partial charge >= 0.3 is 0 Å². The van der Waals surface area contributed by atoms with E-state index in [4.69, 9.17) is 5.14 Å². The third kappa shape index (κ3) is 2.84. The first-order valence-corrected chi connectivity index (χ1v) is 7.69. The minimum atomic E-state index is -3.61. The molecule has 1 fully saturated rings. The zero-order valence-electron chi connectivity index (χ0n) is 8.77. The highest BCUT2D eigenvalue weighted by Gasteiger charge is 2.30. The summed E-state index contributed by atoms with van der Waals surface area (Å²) in [6.07, 6.45) is 3.18. The van der Waals surface area contributed by atoms with Crippen LogP contribution in [0.25, 0.3) is 0 Å². The van der Waals surface area contributed by atoms with Crippen LogP contribution in [0.15, 0.2) is 29.2 Å². The Balaban J connectivity index is 2.26. The lowest BCUT2D eigenvalue weighted by Crippen LogP contribution is -2.16. The normalized spacial score (nSPS) is 18.4. The molecule has 88 valence electrons. The molecule has 1 aliphatic rings. The largest absolute Gasteiger partial charge is 0.238 e. The van der Waals surface area contributed by atoms with Gasteiger partial charge in [-0.25, -0.2) is 13.6 Å². The molecule has 2 rings (SSSR count). The van der Waals surface area contributed by atoms with Crippen molar-refractivity contribution >= 4 is 26.0 Å². The van der Waals surface area contributed by atoms with Gasteiger partial charge in [0, 0.05) is 4.83 Å². The van der Waals surface area contributed by atoms with Gasteiger partial charge < -0.3 is 0 Å². The number of nitrogens with two attached hydrogens (primary N) is 1. The quantitative estimate of drug-likeness (QED) is 0.865. The predicted molar refractivity (Wildman–Crippen MR) is 67.0 cm³/mol. The number of sulfonamides is 1. The van der Waals surface area contributed by atoms with Crippen LogP contribution in [0.1, 0.15) is 18.4 Å². The van der Waals surface area contributed by atoms with Gasteiger partial charge in [-0.2, -0.15) is 0 Å². The highest BCUT2D eigenvalue weighted by Crippen LogP contribution is 2.38. The summed E-state index contributed by atoms with van der Waals surface area (Å²) < 4.78 is 22.8. The minimum absolute atomic E-state index is 0.250. The number of rotatable bonds is 4. The molecule has 16 heavy (non-hydrogen) atoms. The molecule has 0 aromatic heterocycles. The Morgan fingerprint density at radius 1 is 1.38 bits per heavy atom. The highest BCUT2D eigenvalue weighted by atomic mass is 79.9. The Bertz CT molecular complexity index is 483. The number of primary sulfonamides is 1. The summed E-state index contributed by atoms with van der Waals surface area (Å²) in [4.78, 5) is 0.607. The molecule has 3 nitrogen and oxygen atoms in total. The molecule has 0 saturated heterocycles. The van der Waals surface area contributed by atoms with Crippen LogP contribution < -0.4 is 5.14 Å². The smallest absolute Gasteiger partial charge is 0.225 e. The van der Waals surface area contributed by atoms with Gasteiger partial charge in [0.25, 0.3) is 0 Å². The molecule has 5 heteroatoms. The van der Waals surface area contributed by atoms with Crippen molar-refractivity contribution < 1.29 is 8.42 Å². The minimum Gasteiger partial charge on any atom is -0.225 e. The molecule has 0 spiro atoms. The van der Waals surface area contributed by atoms with Crippen molar-refractivity contribution in [3.8, 4) is 0 Å². The Kier molecular flexibility index (Phi) is 3.37. The van der Waals surface area contributed by atoms with Crippen LogP contribution >= 0.6 is 15.9 Å². The van der Waals surface area contributed by atoms with E-state index >= 15 is 0 Å². The summed E-state index contributed by atoms with van der Waals surface area (Å²) in [5.41, 5.74) is 0.804. The fourth-order valence-corrected chi connectivity index (χ4v) is 3.45. The molecule has 1 aromatic carbocycles. The first-order valence-electron chi connectivity index (χ1n) is 5.23. The van der Waals surface area contributed by atoms with Crippen LogP contribution in [0.3, 0.4) is 0 Å². The second kappa shape index (κ2) is 4.47. The first-order chi connectivity index (χ1) is 7.48. The lowest BCUT2D eigenvalue weighted by Gasteiger charge is -2.11. The van der Waals surface area contributed by atoms with Crippen molar-refractivity contribution in [2.45, 2.75) is 29.0 Å². The summed E-state index contributed by atoms with van der Waals surface area (Å²) in [6, 6.07) is 6.94. The Morgan fingerprint density at radius 3 is 2.56 bits per heavy atom. The molecule has 1 saturated carbocycles. The van der Waals surface area contributed by atoms with E-state index < -0.39 is 10.0 Å². The summed E-state index contributed by atoms with van der Waals surface area (Å²) in [5, 5.41) is 5.18. The average Bonchev–Trinajstić information content (AvgIpc) is 2.99. The number of hydrogen-bond acceptors (Lipinski definition) is 2. The average molecular weight is 304 g/mol. The van der Waals surface area contributed by atoms with Gasteiger partial charge in [0.05, 0.1) is 4.90 Å². The van der Waals surface area contributed by atoms with Crippen LogP contribution in [0, 0.1) is 5.92 Å². The van der Waals surface area contributed by atoms with Crippen molar-refractivity contribution in [1.29, 1.82) is 0 Å². The zero-order valence-corrected chi connectivity index (χ0v) is 11.2. The highest BCUT2D eigenvalue weighted by molar-refractivity contribution is 9.09. The van der Waals surface area contributed by atoms with E-state index in [9.17, 15) is 8.42 Å². The Hall–Kier alpha value is -0.390. The maximum atomic E-state index is 11.4. The number of halogens is 1. The van der Waals surface area contributed by atoms with Gasteiger partial charge in [-0.15, -0.1) is 0 Å². The van der Waals surface area contributed by atoms with Crippen LogP contribution in [-0.4, -0.2) is 13.2 Å². The van der Waals surface area contributed by atoms with E-state index in [1.54, 1.807) is 12.1 Å². The van der Waals surface area contributed by atoms with Crippen molar-refractivity contribution in [2.24, 2.45) is 11.1 Å². The standard InChI is InChI=1S/C11H14BrNO2S/c12-10(8-5-6-8)7-9-3-1-2-4-11(9)16(13,14)15/h1-4,8,10H,5-7H2,(H2,13,14,15). The van der Waals surface area contributed by atoms with E-state index in [-0.39, 0.29) is 4.90 Å². The molecule has 0 bridgehead atoms. The van der Waals surface area contributed by atoms with Crippen molar-refractivity contribution in [3.05, 3.63) is 29.8 Å². The van der Waals surface area contributed by atoms with E-state index in [2.05, 4.69) is 15.9 Å². The molecule has 0 heterocycles. The lowest BCUT2D eigenvalue weighted by molar-refractivity contribution is 0.596. The van der Waals surface area contributed by atoms with Crippen molar-refractivity contribution in [1.82, 2.24) is 0 Å². The van der Waals surface area contributed by atoms with E-state index in [0.29, 0.717) is 10.7 Å². The monoisotopic (exact) mass is 303 g/mol. The predicted octanol–water partition coefficient (Wildman–Crippen LogP) is 2.05. The van der Waals surface area contributed by atoms with Gasteiger partial charge in [0.2, 0.25) is 10.0 Å². The van der Waals surface area contributed by atoms with Crippen LogP contribution in [0.4, 0.5) is 0 Å². The molecular weight excluding hydrogens is 290 g/mol. The SMILES string of the molecule is NS(=O)(=O)c1ccccc1CC(Br)C1CC1. The molecule has 0 radical (unpaired) electrons. The van der Waals surface area contributed by atoms with Gasteiger partial charge in [0.15, 0.2) is 0 Å². The number of alkyl halides is 1. The summed E-state index contributed by atoms with van der Waals surface area (Å²) in [5.74, 6) is 0.688. The second-order valence-electron chi connectivity index (χ2n) is 4.21. The first kappa shape index (κ1) is 12.1. The van der Waals surface area contributed by atoms with E-state index in [1.165, 1.54) is 12.8 Å². The second-order valence-corrected chi connectivity index (χ2v) is 6.92. The van der Waals surface area contributed by atoms with E-state index in [1.807, 2.05) is 12.1 Å². The zero-order chi connectivity index (χ0) is 11.8. The molecule has 1 unspecified atom stereocenters. The molecule has 0 aliphatic heterocycles. The van der Waals surface area contributed by atoms with E-state index in [0.717, 1.165) is 12.0 Å². The van der Waals surface area contributed by atoms with Gasteiger partial charge in [-0.05, 0) is 36.8 Å².